The van der Waals surface area contributed by atoms with Crippen molar-refractivity contribution in [2.75, 3.05) is 12.0 Å². The van der Waals surface area contributed by atoms with Gasteiger partial charge in [0, 0.05) is 35.9 Å². The Morgan fingerprint density at radius 1 is 0.976 bits per heavy atom. The van der Waals surface area contributed by atoms with Crippen LogP contribution in [0.4, 0.5) is 10.1 Å². The van der Waals surface area contributed by atoms with Crippen LogP contribution >= 0.6 is 0 Å². The smallest absolute Gasteiger partial charge is 0.227 e. The summed E-state index contributed by atoms with van der Waals surface area (Å²) in [6.45, 7) is 2.19. The van der Waals surface area contributed by atoms with Crippen molar-refractivity contribution in [2.24, 2.45) is 5.92 Å². The van der Waals surface area contributed by atoms with Gasteiger partial charge in [0.2, 0.25) is 5.91 Å². The number of aryl methyl sites for hydroxylation is 1. The number of aliphatic hydroxyl groups is 1. The maximum atomic E-state index is 15.3. The number of phenols is 1. The molecular weight excluding hydrogens is 529 g/mol. The fourth-order valence-corrected chi connectivity index (χ4v) is 5.31. The predicted octanol–water partition coefficient (Wildman–Crippen LogP) is 7.59. The number of phenolic OH excluding ortho intramolecular Hbond substituents is 1. The van der Waals surface area contributed by atoms with E-state index in [0.29, 0.717) is 35.4 Å². The number of aromatic hydroxyl groups is 1. The number of aldehydes is 1. The summed E-state index contributed by atoms with van der Waals surface area (Å²) in [5.41, 5.74) is 3.61. The zero-order valence-electron chi connectivity index (χ0n) is 24.7. The zero-order chi connectivity index (χ0) is 30.3. The van der Waals surface area contributed by atoms with Crippen molar-refractivity contribution in [2.45, 2.75) is 77.7 Å². The molecule has 0 heterocycles. The number of hydrogen-bond acceptors (Lipinski definition) is 4. The van der Waals surface area contributed by atoms with Crippen LogP contribution in [0.25, 0.3) is 0 Å². The molecule has 42 heavy (non-hydrogen) atoms. The van der Waals surface area contributed by atoms with Crippen LogP contribution in [0.3, 0.4) is 0 Å². The van der Waals surface area contributed by atoms with E-state index in [-0.39, 0.29) is 23.8 Å². The summed E-state index contributed by atoms with van der Waals surface area (Å²) < 4.78 is 15.3. The lowest BCUT2D eigenvalue weighted by molar-refractivity contribution is -0.118. The summed E-state index contributed by atoms with van der Waals surface area (Å²) >= 11 is 0. The Morgan fingerprint density at radius 3 is 2.33 bits per heavy atom. The average molecular weight is 572 g/mol. The first-order chi connectivity index (χ1) is 20.5. The summed E-state index contributed by atoms with van der Waals surface area (Å²) in [5, 5.41) is 17.0. The van der Waals surface area contributed by atoms with E-state index in [1.165, 1.54) is 54.3 Å². The van der Waals surface area contributed by atoms with Crippen LogP contribution in [0.1, 0.15) is 97.3 Å². The van der Waals surface area contributed by atoms with Crippen LogP contribution in [0.15, 0.2) is 60.7 Å². The van der Waals surface area contributed by atoms with Crippen molar-refractivity contribution in [3.63, 3.8) is 0 Å². The molecule has 1 saturated carbocycles. The van der Waals surface area contributed by atoms with Gasteiger partial charge in [-0.3, -0.25) is 9.59 Å². The maximum Gasteiger partial charge on any atom is 0.227 e. The van der Waals surface area contributed by atoms with E-state index in [9.17, 15) is 14.7 Å². The second-order valence-corrected chi connectivity index (χ2v) is 10.7. The number of anilines is 1. The third-order valence-electron chi connectivity index (χ3n) is 7.73. The largest absolute Gasteiger partial charge is 0.507 e. The van der Waals surface area contributed by atoms with Crippen molar-refractivity contribution in [3.05, 3.63) is 94.3 Å². The molecular formula is C36H42FNO4. The van der Waals surface area contributed by atoms with E-state index in [1.807, 2.05) is 12.1 Å². The summed E-state index contributed by atoms with van der Waals surface area (Å²) in [4.78, 5) is 26.3. The number of benzene rings is 3. The van der Waals surface area contributed by atoms with E-state index in [1.54, 1.807) is 18.2 Å². The Hall–Kier alpha value is -3.95. The van der Waals surface area contributed by atoms with E-state index in [2.05, 4.69) is 30.9 Å². The van der Waals surface area contributed by atoms with Gasteiger partial charge in [-0.2, -0.15) is 0 Å². The first-order valence-corrected chi connectivity index (χ1v) is 14.9. The third-order valence-corrected chi connectivity index (χ3v) is 7.73. The number of carbonyl (C=O) groups is 2. The maximum absolute atomic E-state index is 15.3. The van der Waals surface area contributed by atoms with Gasteiger partial charge < -0.3 is 15.1 Å². The van der Waals surface area contributed by atoms with Gasteiger partial charge in [-0.05, 0) is 79.6 Å². The first kappa shape index (κ1) is 32.6. The SMILES string of the molecule is CCCCc1ccc(C#Cc2ccc(CN(C(=O)CCCC3CCCC3)c3ccc(O)c(C=O)c3)c(F)c2)cc1.CO. The van der Waals surface area contributed by atoms with Crippen molar-refractivity contribution >= 4 is 17.9 Å². The lowest BCUT2D eigenvalue weighted by Crippen LogP contribution is -2.30. The second-order valence-electron chi connectivity index (χ2n) is 10.7. The van der Waals surface area contributed by atoms with Gasteiger partial charge in [0.15, 0.2) is 6.29 Å². The van der Waals surface area contributed by atoms with Crippen LogP contribution in [0, 0.1) is 23.6 Å². The van der Waals surface area contributed by atoms with Crippen LogP contribution in [0.5, 0.6) is 5.75 Å². The Morgan fingerprint density at radius 2 is 1.67 bits per heavy atom. The number of halogens is 1. The van der Waals surface area contributed by atoms with Gasteiger partial charge in [-0.15, -0.1) is 0 Å². The Bertz CT molecular complexity index is 1370. The Kier molecular flexibility index (Phi) is 13.3. The molecule has 0 unspecified atom stereocenters. The molecule has 4 rings (SSSR count). The van der Waals surface area contributed by atoms with Crippen LogP contribution in [-0.4, -0.2) is 29.5 Å². The summed E-state index contributed by atoms with van der Waals surface area (Å²) in [7, 11) is 1.00. The highest BCUT2D eigenvalue weighted by Gasteiger charge is 2.21. The minimum Gasteiger partial charge on any atom is -0.507 e. The molecule has 1 amide bonds. The van der Waals surface area contributed by atoms with Gasteiger partial charge in [0.25, 0.3) is 0 Å². The highest BCUT2D eigenvalue weighted by Crippen LogP contribution is 2.30. The number of rotatable bonds is 11. The van der Waals surface area contributed by atoms with Gasteiger partial charge in [-0.1, -0.05) is 69.1 Å². The highest BCUT2D eigenvalue weighted by atomic mass is 19.1. The minimum absolute atomic E-state index is 0.0180. The molecule has 0 atom stereocenters. The number of carbonyl (C=O) groups excluding carboxylic acids is 2. The van der Waals surface area contributed by atoms with Gasteiger partial charge in [0.05, 0.1) is 12.1 Å². The minimum atomic E-state index is -0.445. The number of amides is 1. The summed E-state index contributed by atoms with van der Waals surface area (Å²) in [5.74, 6) is 6.09. The fraction of sp³-hybridized carbons (Fsp3) is 0.389. The lowest BCUT2D eigenvalue weighted by Gasteiger charge is -2.24. The topological polar surface area (TPSA) is 77.8 Å². The standard InChI is InChI=1S/C35H38FNO3.CH4O/c1-2-3-7-27-12-14-28(15-13-27)16-17-29-18-19-30(33(36)22-29)24-37(32-20-21-34(39)31(23-32)25-38)35(40)11-6-10-26-8-4-5-9-26;1-2/h12-15,18-23,25-26,39H,2-11,24H2,1H3;2H,1H3. The van der Waals surface area contributed by atoms with Crippen LogP contribution in [0.2, 0.25) is 0 Å². The molecule has 1 aliphatic rings. The zero-order valence-corrected chi connectivity index (χ0v) is 24.7. The first-order valence-electron chi connectivity index (χ1n) is 14.9. The number of aliphatic hydroxyl groups excluding tert-OH is 1. The van der Waals surface area contributed by atoms with Crippen molar-refractivity contribution < 1.29 is 24.2 Å². The van der Waals surface area contributed by atoms with E-state index in [0.717, 1.165) is 44.8 Å². The highest BCUT2D eigenvalue weighted by molar-refractivity contribution is 5.94. The molecule has 0 bridgehead atoms. The number of nitrogens with zero attached hydrogens (tertiary/aromatic N) is 1. The van der Waals surface area contributed by atoms with Crippen LogP contribution in [-0.2, 0) is 17.8 Å². The molecule has 0 radical (unpaired) electrons. The average Bonchev–Trinajstić information content (AvgIpc) is 3.54. The third kappa shape index (κ3) is 9.56. The second kappa shape index (κ2) is 17.1. The van der Waals surface area contributed by atoms with E-state index < -0.39 is 5.82 Å². The Labute approximate surface area is 249 Å². The molecule has 6 heteroatoms. The fourth-order valence-electron chi connectivity index (χ4n) is 5.31. The summed E-state index contributed by atoms with van der Waals surface area (Å²) in [6.07, 6.45) is 11.0. The van der Waals surface area contributed by atoms with E-state index >= 15 is 4.39 Å². The van der Waals surface area contributed by atoms with Crippen molar-refractivity contribution in [1.82, 2.24) is 0 Å². The van der Waals surface area contributed by atoms with Gasteiger partial charge >= 0.3 is 0 Å². The molecule has 1 aliphatic carbocycles. The molecule has 1 fully saturated rings. The quantitative estimate of drug-likeness (QED) is 0.184. The monoisotopic (exact) mass is 571 g/mol. The lowest BCUT2D eigenvalue weighted by atomic mass is 10.00. The van der Waals surface area contributed by atoms with Crippen molar-refractivity contribution in [1.29, 1.82) is 0 Å². The predicted molar refractivity (Wildman–Crippen MR) is 166 cm³/mol. The molecule has 5 nitrogen and oxygen atoms in total. The van der Waals surface area contributed by atoms with Gasteiger partial charge in [-0.25, -0.2) is 4.39 Å². The number of hydrogen-bond donors (Lipinski definition) is 2. The molecule has 0 saturated heterocycles. The molecule has 0 spiro atoms. The molecule has 0 aliphatic heterocycles. The van der Waals surface area contributed by atoms with Crippen LogP contribution < -0.4 is 4.90 Å². The molecule has 3 aromatic carbocycles. The number of unbranched alkanes of at least 4 members (excludes halogenated alkanes) is 1. The molecule has 0 aromatic heterocycles. The van der Waals surface area contributed by atoms with Gasteiger partial charge in [0.1, 0.15) is 11.6 Å². The molecule has 222 valence electrons. The molecule has 3 aromatic rings. The van der Waals surface area contributed by atoms with Crippen molar-refractivity contribution in [3.8, 4) is 17.6 Å². The summed E-state index contributed by atoms with van der Waals surface area (Å²) in [6, 6.07) is 17.4. The normalized spacial score (nSPS) is 12.6. The Balaban J connectivity index is 0.00000237. The molecule has 2 N–H and O–H groups in total. The van der Waals surface area contributed by atoms with E-state index in [4.69, 9.17) is 5.11 Å².